The molecule has 0 saturated heterocycles. The zero-order chi connectivity index (χ0) is 12.0. The van der Waals surface area contributed by atoms with Crippen molar-refractivity contribution in [2.75, 3.05) is 0 Å². The highest BCUT2D eigenvalue weighted by atomic mass is 79.9. The minimum Gasteiger partial charge on any atom is -0.130 e. The first-order chi connectivity index (χ1) is 8.16. The molecule has 0 aliphatic heterocycles. The molecule has 1 aromatic heterocycles. The van der Waals surface area contributed by atoms with Gasteiger partial charge in [-0.05, 0) is 55.5 Å². The van der Waals surface area contributed by atoms with E-state index in [0.717, 1.165) is 14.7 Å². The molecule has 2 unspecified atom stereocenters. The van der Waals surface area contributed by atoms with Gasteiger partial charge in [0.15, 0.2) is 0 Å². The Kier molecular flexibility index (Phi) is 3.37. The molecule has 1 heterocycles. The van der Waals surface area contributed by atoms with E-state index in [2.05, 4.69) is 62.2 Å². The highest BCUT2D eigenvalue weighted by Gasteiger charge is 2.33. The smallest absolute Gasteiger partial charge is 0.0843 e. The van der Waals surface area contributed by atoms with E-state index >= 15 is 0 Å². The van der Waals surface area contributed by atoms with Crippen molar-refractivity contribution in [2.24, 2.45) is 0 Å². The van der Waals surface area contributed by atoms with Crippen LogP contribution in [-0.2, 0) is 6.42 Å². The van der Waals surface area contributed by atoms with E-state index in [1.54, 1.807) is 11.3 Å². The van der Waals surface area contributed by atoms with Gasteiger partial charge in [-0.25, -0.2) is 0 Å². The summed E-state index contributed by atoms with van der Waals surface area (Å²) in [4.78, 5) is 1.23. The number of alkyl halides is 1. The van der Waals surface area contributed by atoms with Crippen LogP contribution in [0.25, 0.3) is 0 Å². The second-order valence-electron chi connectivity index (χ2n) is 4.18. The van der Waals surface area contributed by atoms with E-state index < -0.39 is 0 Å². The molecule has 17 heavy (non-hydrogen) atoms. The Morgan fingerprint density at radius 3 is 2.71 bits per heavy atom. The van der Waals surface area contributed by atoms with Gasteiger partial charge in [0.05, 0.1) is 9.16 Å². The number of halogens is 3. The fourth-order valence-electron chi connectivity index (χ4n) is 2.26. The second-order valence-corrected chi connectivity index (χ2v) is 7.91. The summed E-state index contributed by atoms with van der Waals surface area (Å²) in [6.07, 6.45) is 1.09. The van der Waals surface area contributed by atoms with Gasteiger partial charge < -0.3 is 0 Å². The molecule has 3 rings (SSSR count). The third-order valence-electron chi connectivity index (χ3n) is 3.18. The quantitative estimate of drug-likeness (QED) is 0.559. The summed E-state index contributed by atoms with van der Waals surface area (Å²) in [5.74, 6) is 0.463. The lowest BCUT2D eigenvalue weighted by Crippen LogP contribution is -2.20. The van der Waals surface area contributed by atoms with Crippen LogP contribution >= 0.6 is 54.8 Å². The summed E-state index contributed by atoms with van der Waals surface area (Å²) in [5.41, 5.74) is 2.85. The minimum absolute atomic E-state index is 0.0810. The summed E-state index contributed by atoms with van der Waals surface area (Å²) in [7, 11) is 0. The largest absolute Gasteiger partial charge is 0.130 e. The molecule has 0 amide bonds. The molecule has 2 atom stereocenters. The van der Waals surface area contributed by atoms with Crippen LogP contribution in [0.1, 0.15) is 27.3 Å². The molecule has 88 valence electrons. The Morgan fingerprint density at radius 2 is 2.06 bits per heavy atom. The fourth-order valence-corrected chi connectivity index (χ4v) is 4.81. The average molecular weight is 393 g/mol. The maximum atomic E-state index is 6.59. The maximum Gasteiger partial charge on any atom is 0.0843 e. The molecule has 0 spiro atoms. The number of benzene rings is 1. The van der Waals surface area contributed by atoms with Crippen molar-refractivity contribution in [1.82, 2.24) is 0 Å². The van der Waals surface area contributed by atoms with E-state index in [1.807, 2.05) is 0 Å². The van der Waals surface area contributed by atoms with Crippen LogP contribution in [0.4, 0.5) is 0 Å². The van der Waals surface area contributed by atoms with Crippen molar-refractivity contribution in [3.8, 4) is 0 Å². The van der Waals surface area contributed by atoms with E-state index in [0.29, 0.717) is 5.92 Å². The zero-order valence-electron chi connectivity index (χ0n) is 8.79. The normalized spacial score (nSPS) is 19.6. The van der Waals surface area contributed by atoms with Gasteiger partial charge in [-0.3, -0.25) is 0 Å². The Bertz CT molecular complexity index is 545. The van der Waals surface area contributed by atoms with Gasteiger partial charge in [0.2, 0.25) is 0 Å². The number of hydrogen-bond donors (Lipinski definition) is 0. The molecule has 4 heteroatoms. The summed E-state index contributed by atoms with van der Waals surface area (Å²) >= 11 is 15.3. The van der Waals surface area contributed by atoms with Crippen LogP contribution < -0.4 is 0 Å². The molecule has 0 fully saturated rings. The second kappa shape index (κ2) is 4.69. The van der Waals surface area contributed by atoms with Crippen molar-refractivity contribution >= 4 is 54.8 Å². The van der Waals surface area contributed by atoms with Crippen molar-refractivity contribution in [3.63, 3.8) is 0 Å². The van der Waals surface area contributed by atoms with E-state index in [9.17, 15) is 0 Å². The predicted octanol–water partition coefficient (Wildman–Crippen LogP) is 5.89. The van der Waals surface area contributed by atoms with Gasteiger partial charge in [-0.1, -0.05) is 24.3 Å². The molecule has 1 aliphatic rings. The van der Waals surface area contributed by atoms with Crippen molar-refractivity contribution < 1.29 is 0 Å². The van der Waals surface area contributed by atoms with Crippen LogP contribution in [0.15, 0.2) is 38.6 Å². The Balaban J connectivity index is 1.88. The minimum atomic E-state index is 0.0810. The number of hydrogen-bond acceptors (Lipinski definition) is 1. The topological polar surface area (TPSA) is 0 Å². The Labute approximate surface area is 126 Å². The van der Waals surface area contributed by atoms with Crippen LogP contribution in [0.3, 0.4) is 0 Å². The highest BCUT2D eigenvalue weighted by molar-refractivity contribution is 9.13. The van der Waals surface area contributed by atoms with E-state index in [1.165, 1.54) is 16.0 Å². The average Bonchev–Trinajstić information content (AvgIpc) is 2.61. The standard InChI is InChI=1S/C13H9Br2ClS/c14-10-6-11(17-13(10)15)12(16)9-5-7-3-1-2-4-8(7)9/h1-4,6,9,12H,5H2. The van der Waals surface area contributed by atoms with Gasteiger partial charge in [0.1, 0.15) is 0 Å². The first kappa shape index (κ1) is 12.2. The lowest BCUT2D eigenvalue weighted by Gasteiger charge is -2.33. The van der Waals surface area contributed by atoms with Gasteiger partial charge >= 0.3 is 0 Å². The van der Waals surface area contributed by atoms with Crippen molar-refractivity contribution in [2.45, 2.75) is 17.7 Å². The third kappa shape index (κ3) is 2.12. The van der Waals surface area contributed by atoms with Crippen LogP contribution in [0.5, 0.6) is 0 Å². The zero-order valence-corrected chi connectivity index (χ0v) is 13.5. The summed E-state index contributed by atoms with van der Waals surface area (Å²) in [5, 5.41) is 0.0810. The van der Waals surface area contributed by atoms with Crippen LogP contribution in [-0.4, -0.2) is 0 Å². The summed E-state index contributed by atoms with van der Waals surface area (Å²) in [6.45, 7) is 0. The highest BCUT2D eigenvalue weighted by Crippen LogP contribution is 2.49. The van der Waals surface area contributed by atoms with Gasteiger partial charge in [-0.15, -0.1) is 22.9 Å². The Hall–Kier alpha value is 0.170. The number of fused-ring (bicyclic) bond motifs is 1. The molecule has 1 aromatic carbocycles. The molecule has 0 nitrogen and oxygen atoms in total. The van der Waals surface area contributed by atoms with Crippen LogP contribution in [0.2, 0.25) is 0 Å². The number of rotatable bonds is 2. The third-order valence-corrected chi connectivity index (χ3v) is 7.19. The summed E-state index contributed by atoms with van der Waals surface area (Å²) < 4.78 is 2.21. The van der Waals surface area contributed by atoms with Crippen molar-refractivity contribution in [3.05, 3.63) is 54.6 Å². The fraction of sp³-hybridized carbons (Fsp3) is 0.231. The molecule has 0 radical (unpaired) electrons. The molecule has 2 aromatic rings. The predicted molar refractivity (Wildman–Crippen MR) is 81.2 cm³/mol. The lowest BCUT2D eigenvalue weighted by molar-refractivity contribution is 0.592. The van der Waals surface area contributed by atoms with Gasteiger partial charge in [0, 0.05) is 15.3 Å². The summed E-state index contributed by atoms with van der Waals surface area (Å²) in [6, 6.07) is 10.7. The SMILES string of the molecule is ClC(c1cc(Br)c(Br)s1)C1Cc2ccccc21. The first-order valence-corrected chi connectivity index (χ1v) is 8.17. The van der Waals surface area contributed by atoms with Crippen molar-refractivity contribution in [1.29, 1.82) is 0 Å². The molecular weight excluding hydrogens is 383 g/mol. The van der Waals surface area contributed by atoms with Gasteiger partial charge in [0.25, 0.3) is 0 Å². The van der Waals surface area contributed by atoms with Crippen LogP contribution in [0, 0.1) is 0 Å². The van der Waals surface area contributed by atoms with E-state index in [-0.39, 0.29) is 5.38 Å². The maximum absolute atomic E-state index is 6.59. The lowest BCUT2D eigenvalue weighted by atomic mass is 9.75. The molecule has 1 aliphatic carbocycles. The number of thiophene rings is 1. The molecular formula is C13H9Br2ClS. The molecule has 0 bridgehead atoms. The monoisotopic (exact) mass is 390 g/mol. The Morgan fingerprint density at radius 1 is 1.29 bits per heavy atom. The molecule has 0 N–H and O–H groups in total. The van der Waals surface area contributed by atoms with E-state index in [4.69, 9.17) is 11.6 Å². The van der Waals surface area contributed by atoms with Gasteiger partial charge in [-0.2, -0.15) is 0 Å². The molecule has 0 saturated carbocycles. The first-order valence-electron chi connectivity index (χ1n) is 5.33.